The van der Waals surface area contributed by atoms with E-state index >= 15 is 0 Å². The molecule has 0 saturated carbocycles. The van der Waals surface area contributed by atoms with Gasteiger partial charge in [-0.15, -0.1) is 11.8 Å². The van der Waals surface area contributed by atoms with Crippen molar-refractivity contribution in [3.8, 4) is 0 Å². The van der Waals surface area contributed by atoms with Crippen molar-refractivity contribution in [1.29, 1.82) is 0 Å². The van der Waals surface area contributed by atoms with Crippen LogP contribution in [-0.4, -0.2) is 33.5 Å². The summed E-state index contributed by atoms with van der Waals surface area (Å²) in [6, 6.07) is 5.31. The molecular weight excluding hydrogens is 214 g/mol. The minimum atomic E-state index is -0.000363. The van der Waals surface area contributed by atoms with Gasteiger partial charge in [-0.1, -0.05) is 11.2 Å². The van der Waals surface area contributed by atoms with Gasteiger partial charge in [-0.25, -0.2) is 4.98 Å². The van der Waals surface area contributed by atoms with E-state index in [1.54, 1.807) is 12.1 Å². The summed E-state index contributed by atoms with van der Waals surface area (Å²) >= 11 is 1.52. The smallest absolute Gasteiger partial charge is 0.188 e. The first-order chi connectivity index (χ1) is 7.27. The zero-order chi connectivity index (χ0) is 11.1. The van der Waals surface area contributed by atoms with Crippen LogP contribution in [0.5, 0.6) is 0 Å². The standard InChI is InChI=1S/C9H13N3O2S/c10-9(12-14)7-3-1-4-8(11-7)15-6-2-5-13/h1,3-4,13-14H,2,5-6H2,(H2,10,12). The van der Waals surface area contributed by atoms with E-state index < -0.39 is 0 Å². The Bertz CT molecular complexity index is 344. The average molecular weight is 227 g/mol. The van der Waals surface area contributed by atoms with Crippen LogP contribution in [0.25, 0.3) is 0 Å². The lowest BCUT2D eigenvalue weighted by atomic mass is 10.3. The normalized spacial score (nSPS) is 11.7. The number of hydrogen-bond donors (Lipinski definition) is 3. The van der Waals surface area contributed by atoms with Crippen molar-refractivity contribution in [3.05, 3.63) is 23.9 Å². The van der Waals surface area contributed by atoms with Crippen LogP contribution >= 0.6 is 11.8 Å². The number of aromatic nitrogens is 1. The highest BCUT2D eigenvalue weighted by molar-refractivity contribution is 7.99. The Labute approximate surface area is 92.0 Å². The monoisotopic (exact) mass is 227 g/mol. The fraction of sp³-hybridized carbons (Fsp3) is 0.333. The van der Waals surface area contributed by atoms with Crippen LogP contribution in [0.15, 0.2) is 28.4 Å². The Morgan fingerprint density at radius 2 is 2.33 bits per heavy atom. The average Bonchev–Trinajstić information content (AvgIpc) is 2.29. The number of thioether (sulfide) groups is 1. The van der Waals surface area contributed by atoms with Gasteiger partial charge in [-0.2, -0.15) is 0 Å². The van der Waals surface area contributed by atoms with Gasteiger partial charge < -0.3 is 16.0 Å². The molecule has 0 saturated heterocycles. The van der Waals surface area contributed by atoms with Gasteiger partial charge in [0.2, 0.25) is 0 Å². The topological polar surface area (TPSA) is 91.7 Å². The van der Waals surface area contributed by atoms with E-state index in [1.165, 1.54) is 11.8 Å². The highest BCUT2D eigenvalue weighted by Gasteiger charge is 2.02. The van der Waals surface area contributed by atoms with Gasteiger partial charge >= 0.3 is 0 Å². The third-order valence-electron chi connectivity index (χ3n) is 1.65. The number of oxime groups is 1. The first-order valence-electron chi connectivity index (χ1n) is 4.46. The minimum Gasteiger partial charge on any atom is -0.409 e. The highest BCUT2D eigenvalue weighted by atomic mass is 32.2. The maximum absolute atomic E-state index is 8.62. The van der Waals surface area contributed by atoms with E-state index in [0.29, 0.717) is 5.69 Å². The number of nitrogens with zero attached hydrogens (tertiary/aromatic N) is 2. The first kappa shape index (κ1) is 11.8. The molecule has 0 unspecified atom stereocenters. The van der Waals surface area contributed by atoms with Crippen LogP contribution in [0.3, 0.4) is 0 Å². The zero-order valence-corrected chi connectivity index (χ0v) is 8.94. The van der Waals surface area contributed by atoms with Crippen LogP contribution in [-0.2, 0) is 0 Å². The lowest BCUT2D eigenvalue weighted by molar-refractivity contribution is 0.296. The number of amidine groups is 1. The van der Waals surface area contributed by atoms with Gasteiger partial charge in [0.1, 0.15) is 5.69 Å². The van der Waals surface area contributed by atoms with Crippen molar-refractivity contribution < 1.29 is 10.3 Å². The van der Waals surface area contributed by atoms with Crippen LogP contribution in [0, 0.1) is 0 Å². The number of aliphatic hydroxyl groups is 1. The van der Waals surface area contributed by atoms with Gasteiger partial charge in [-0.05, 0) is 18.6 Å². The third kappa shape index (κ3) is 3.77. The highest BCUT2D eigenvalue weighted by Crippen LogP contribution is 2.16. The molecule has 0 fully saturated rings. The Morgan fingerprint density at radius 3 is 3.00 bits per heavy atom. The molecule has 4 N–H and O–H groups in total. The molecule has 0 aliphatic heterocycles. The Balaban J connectivity index is 2.66. The molecule has 82 valence electrons. The molecule has 0 aliphatic carbocycles. The van der Waals surface area contributed by atoms with Crippen molar-refractivity contribution in [2.75, 3.05) is 12.4 Å². The number of hydrogen-bond acceptors (Lipinski definition) is 5. The molecule has 0 aliphatic rings. The fourth-order valence-electron chi connectivity index (χ4n) is 0.930. The second-order valence-electron chi connectivity index (χ2n) is 2.77. The summed E-state index contributed by atoms with van der Waals surface area (Å²) in [6.45, 7) is 0.174. The fourth-order valence-corrected chi connectivity index (χ4v) is 1.75. The Hall–Kier alpha value is -1.27. The molecule has 15 heavy (non-hydrogen) atoms. The van der Waals surface area contributed by atoms with E-state index in [4.69, 9.17) is 16.0 Å². The van der Waals surface area contributed by atoms with Crippen molar-refractivity contribution in [3.63, 3.8) is 0 Å². The molecule has 1 aromatic rings. The Morgan fingerprint density at radius 1 is 1.53 bits per heavy atom. The van der Waals surface area contributed by atoms with Gasteiger partial charge in [0.05, 0.1) is 5.03 Å². The van der Waals surface area contributed by atoms with Gasteiger partial charge in [0.15, 0.2) is 5.84 Å². The van der Waals surface area contributed by atoms with Crippen molar-refractivity contribution in [1.82, 2.24) is 4.98 Å². The molecule has 1 rings (SSSR count). The molecule has 5 nitrogen and oxygen atoms in total. The zero-order valence-electron chi connectivity index (χ0n) is 8.13. The molecule has 0 atom stereocenters. The molecule has 1 aromatic heterocycles. The quantitative estimate of drug-likeness (QED) is 0.171. The van der Waals surface area contributed by atoms with E-state index in [0.717, 1.165) is 17.2 Å². The summed E-state index contributed by atoms with van der Waals surface area (Å²) < 4.78 is 0. The van der Waals surface area contributed by atoms with E-state index in [-0.39, 0.29) is 12.4 Å². The largest absolute Gasteiger partial charge is 0.409 e. The molecule has 0 bridgehead atoms. The molecule has 0 radical (unpaired) electrons. The summed E-state index contributed by atoms with van der Waals surface area (Å²) in [6.07, 6.45) is 0.722. The van der Waals surface area contributed by atoms with Crippen LogP contribution in [0.2, 0.25) is 0 Å². The van der Waals surface area contributed by atoms with Gasteiger partial charge in [-0.3, -0.25) is 0 Å². The SMILES string of the molecule is NC(=NO)c1cccc(SCCCO)n1. The van der Waals surface area contributed by atoms with Gasteiger partial charge in [0.25, 0.3) is 0 Å². The van der Waals surface area contributed by atoms with Crippen LogP contribution in [0.4, 0.5) is 0 Å². The maximum atomic E-state index is 8.62. The van der Waals surface area contributed by atoms with Gasteiger partial charge in [0, 0.05) is 12.4 Å². The number of rotatable bonds is 5. The van der Waals surface area contributed by atoms with Crippen LogP contribution in [0.1, 0.15) is 12.1 Å². The van der Waals surface area contributed by atoms with E-state index in [1.807, 2.05) is 6.07 Å². The lowest BCUT2D eigenvalue weighted by Crippen LogP contribution is -2.14. The predicted molar refractivity (Wildman–Crippen MR) is 59.2 cm³/mol. The molecule has 1 heterocycles. The predicted octanol–water partition coefficient (Wildman–Crippen LogP) is 0.651. The summed E-state index contributed by atoms with van der Waals surface area (Å²) in [7, 11) is 0. The molecule has 6 heteroatoms. The molecule has 0 spiro atoms. The Kier molecular flexibility index (Phi) is 4.92. The van der Waals surface area contributed by atoms with E-state index in [9.17, 15) is 0 Å². The number of aliphatic hydroxyl groups excluding tert-OH is 1. The molecular formula is C9H13N3O2S. The second-order valence-corrected chi connectivity index (χ2v) is 3.89. The first-order valence-corrected chi connectivity index (χ1v) is 5.45. The summed E-state index contributed by atoms with van der Waals surface area (Å²) in [5.74, 6) is 0.794. The molecule has 0 aromatic carbocycles. The van der Waals surface area contributed by atoms with E-state index in [2.05, 4.69) is 10.1 Å². The van der Waals surface area contributed by atoms with Crippen molar-refractivity contribution in [2.24, 2.45) is 10.9 Å². The lowest BCUT2D eigenvalue weighted by Gasteiger charge is -2.02. The minimum absolute atomic E-state index is 0.000363. The van der Waals surface area contributed by atoms with Crippen molar-refractivity contribution >= 4 is 17.6 Å². The van der Waals surface area contributed by atoms with Crippen molar-refractivity contribution in [2.45, 2.75) is 11.4 Å². The molecule has 0 amide bonds. The summed E-state index contributed by atoms with van der Waals surface area (Å²) in [5, 5.41) is 20.8. The second kappa shape index (κ2) is 6.26. The summed E-state index contributed by atoms with van der Waals surface area (Å²) in [4.78, 5) is 4.18. The maximum Gasteiger partial charge on any atom is 0.188 e. The third-order valence-corrected chi connectivity index (χ3v) is 2.66. The number of pyridine rings is 1. The number of nitrogens with two attached hydrogens (primary N) is 1. The summed E-state index contributed by atoms with van der Waals surface area (Å²) in [5.41, 5.74) is 5.86. The van der Waals surface area contributed by atoms with Crippen LogP contribution < -0.4 is 5.73 Å².